The minimum atomic E-state index is 0.0648. The van der Waals surface area contributed by atoms with Crippen LogP contribution < -0.4 is 0 Å². The van der Waals surface area contributed by atoms with Gasteiger partial charge in [0.1, 0.15) is 0 Å². The molecule has 0 unspecified atom stereocenters. The van der Waals surface area contributed by atoms with E-state index in [1.54, 1.807) is 0 Å². The predicted octanol–water partition coefficient (Wildman–Crippen LogP) is 2.87. The summed E-state index contributed by atoms with van der Waals surface area (Å²) in [5.41, 5.74) is 0. The van der Waals surface area contributed by atoms with Crippen LogP contribution in [0.4, 0.5) is 0 Å². The number of rotatable bonds is 0. The summed E-state index contributed by atoms with van der Waals surface area (Å²) in [6.45, 7) is 0. The van der Waals surface area contributed by atoms with Crippen LogP contribution >= 0.6 is 0 Å². The van der Waals surface area contributed by atoms with Crippen LogP contribution in [0.15, 0.2) is 0 Å². The van der Waals surface area contributed by atoms with Crippen molar-refractivity contribution in [3.05, 3.63) is 0 Å². The van der Waals surface area contributed by atoms with Gasteiger partial charge in [0.15, 0.2) is 0 Å². The minimum Gasteiger partial charge on any atom is -0.393 e. The molecule has 0 atom stereocenters. The van der Waals surface area contributed by atoms with Crippen molar-refractivity contribution in [2.45, 2.75) is 63.9 Å². The lowest BCUT2D eigenvalue weighted by molar-refractivity contribution is 0.0950. The molecule has 0 heterocycles. The van der Waals surface area contributed by atoms with Crippen molar-refractivity contribution < 1.29 is 5.11 Å². The average Bonchev–Trinajstić information content (AvgIpc) is 2.05. The highest BCUT2D eigenvalue weighted by molar-refractivity contribution is 4.65. The molecule has 0 radical (unpaired) electrons. The molecule has 0 aliphatic heterocycles. The number of aliphatic hydroxyl groups excluding tert-OH is 1. The second-order valence-electron chi connectivity index (χ2n) is 3.71. The first-order valence-corrected chi connectivity index (χ1v) is 5.07. The van der Waals surface area contributed by atoms with Gasteiger partial charge in [-0.3, -0.25) is 0 Å². The maximum Gasteiger partial charge on any atom is 0.0540 e. The van der Waals surface area contributed by atoms with Crippen molar-refractivity contribution in [2.24, 2.45) is 0 Å². The van der Waals surface area contributed by atoms with Gasteiger partial charge in [0, 0.05) is 0 Å². The van der Waals surface area contributed by atoms with E-state index in [-0.39, 0.29) is 6.10 Å². The molecule has 1 N–H and O–H groups in total. The van der Waals surface area contributed by atoms with Crippen LogP contribution in [0.3, 0.4) is 0 Å². The summed E-state index contributed by atoms with van der Waals surface area (Å²) in [6, 6.07) is 0. The Labute approximate surface area is 69.8 Å². The van der Waals surface area contributed by atoms with E-state index in [1.807, 2.05) is 0 Å². The van der Waals surface area contributed by atoms with Gasteiger partial charge in [-0.05, 0) is 19.3 Å². The van der Waals surface area contributed by atoms with Gasteiger partial charge in [-0.1, -0.05) is 38.5 Å². The van der Waals surface area contributed by atoms with Crippen molar-refractivity contribution >= 4 is 0 Å². The Kier molecular flexibility index (Phi) is 4.60. The van der Waals surface area contributed by atoms with Crippen LogP contribution in [-0.2, 0) is 0 Å². The van der Waals surface area contributed by atoms with Gasteiger partial charge >= 0.3 is 0 Å². The maximum absolute atomic E-state index is 8.45. The third-order valence-corrected chi connectivity index (χ3v) is 2.57. The maximum atomic E-state index is 8.45. The standard InChI is InChI=1S/C6H12.C4H8O/c1-2-4-6-5-3-1;5-4-2-1-3-4/h1-6H2;4-5H,1-3H2. The average molecular weight is 156 g/mol. The van der Waals surface area contributed by atoms with Crippen molar-refractivity contribution in [3.8, 4) is 0 Å². The molecule has 0 amide bonds. The van der Waals surface area contributed by atoms with Gasteiger partial charge in [0.2, 0.25) is 0 Å². The third-order valence-electron chi connectivity index (χ3n) is 2.57. The zero-order valence-electron chi connectivity index (χ0n) is 7.39. The molecule has 1 nitrogen and oxygen atoms in total. The molecule has 2 fully saturated rings. The zero-order valence-corrected chi connectivity index (χ0v) is 7.39. The highest BCUT2D eigenvalue weighted by Gasteiger charge is 2.11. The topological polar surface area (TPSA) is 20.2 Å². The van der Waals surface area contributed by atoms with Crippen molar-refractivity contribution in [1.82, 2.24) is 0 Å². The van der Waals surface area contributed by atoms with Gasteiger partial charge in [-0.15, -0.1) is 0 Å². The van der Waals surface area contributed by atoms with Crippen LogP contribution in [0.1, 0.15) is 57.8 Å². The summed E-state index contributed by atoms with van der Waals surface area (Å²) in [7, 11) is 0. The minimum absolute atomic E-state index is 0.0648. The Morgan fingerprint density at radius 1 is 0.636 bits per heavy atom. The van der Waals surface area contributed by atoms with E-state index in [0.29, 0.717) is 0 Å². The van der Waals surface area contributed by atoms with Gasteiger partial charge in [-0.2, -0.15) is 0 Å². The number of hydrogen-bond donors (Lipinski definition) is 1. The Morgan fingerprint density at radius 2 is 0.909 bits per heavy atom. The Morgan fingerprint density at radius 3 is 1.00 bits per heavy atom. The normalized spacial score (nSPS) is 24.8. The molecule has 0 aromatic carbocycles. The molecule has 2 aliphatic rings. The highest BCUT2D eigenvalue weighted by Crippen LogP contribution is 2.16. The smallest absolute Gasteiger partial charge is 0.0540 e. The summed E-state index contributed by atoms with van der Waals surface area (Å²) in [5, 5.41) is 8.45. The molecule has 2 saturated carbocycles. The second-order valence-corrected chi connectivity index (χ2v) is 3.71. The first kappa shape index (κ1) is 9.05. The van der Waals surface area contributed by atoms with Crippen LogP contribution in [0, 0.1) is 0 Å². The van der Waals surface area contributed by atoms with E-state index >= 15 is 0 Å². The fraction of sp³-hybridized carbons (Fsp3) is 1.00. The summed E-state index contributed by atoms with van der Waals surface area (Å²) < 4.78 is 0. The third kappa shape index (κ3) is 4.41. The molecule has 2 rings (SSSR count). The molecule has 0 aromatic rings. The second kappa shape index (κ2) is 5.59. The van der Waals surface area contributed by atoms with Crippen LogP contribution in [0.5, 0.6) is 0 Å². The van der Waals surface area contributed by atoms with E-state index in [2.05, 4.69) is 0 Å². The Bertz CT molecular complexity index is 71.4. The summed E-state index contributed by atoms with van der Waals surface area (Å²) in [5.74, 6) is 0. The number of aliphatic hydroxyl groups is 1. The highest BCUT2D eigenvalue weighted by atomic mass is 16.3. The van der Waals surface area contributed by atoms with E-state index < -0.39 is 0 Å². The molecule has 11 heavy (non-hydrogen) atoms. The fourth-order valence-corrected chi connectivity index (χ4v) is 1.45. The molecule has 0 spiro atoms. The monoisotopic (exact) mass is 156 g/mol. The molecular formula is C10H20O. The Hall–Kier alpha value is -0.0400. The first-order chi connectivity index (χ1) is 5.39. The molecule has 66 valence electrons. The quantitative estimate of drug-likeness (QED) is 0.571. The summed E-state index contributed by atoms with van der Waals surface area (Å²) in [4.78, 5) is 0. The molecule has 0 bridgehead atoms. The fourth-order valence-electron chi connectivity index (χ4n) is 1.45. The van der Waals surface area contributed by atoms with E-state index in [0.717, 1.165) is 12.8 Å². The lowest BCUT2D eigenvalue weighted by atomic mass is 9.97. The van der Waals surface area contributed by atoms with Crippen molar-refractivity contribution in [2.75, 3.05) is 0 Å². The molecule has 0 saturated heterocycles. The van der Waals surface area contributed by atoms with E-state index in [1.165, 1.54) is 44.9 Å². The summed E-state index contributed by atoms with van der Waals surface area (Å²) in [6.07, 6.45) is 12.4. The summed E-state index contributed by atoms with van der Waals surface area (Å²) >= 11 is 0. The Balaban J connectivity index is 0.000000112. The molecular weight excluding hydrogens is 136 g/mol. The van der Waals surface area contributed by atoms with E-state index in [9.17, 15) is 0 Å². The van der Waals surface area contributed by atoms with Gasteiger partial charge in [-0.25, -0.2) is 0 Å². The first-order valence-electron chi connectivity index (χ1n) is 5.07. The van der Waals surface area contributed by atoms with E-state index in [4.69, 9.17) is 5.11 Å². The van der Waals surface area contributed by atoms with Crippen molar-refractivity contribution in [1.29, 1.82) is 0 Å². The van der Waals surface area contributed by atoms with Gasteiger partial charge < -0.3 is 5.11 Å². The lowest BCUT2D eigenvalue weighted by Crippen LogP contribution is -2.15. The molecule has 0 aromatic heterocycles. The van der Waals surface area contributed by atoms with Crippen LogP contribution in [-0.4, -0.2) is 11.2 Å². The van der Waals surface area contributed by atoms with Gasteiger partial charge in [0.25, 0.3) is 0 Å². The van der Waals surface area contributed by atoms with Crippen molar-refractivity contribution in [3.63, 3.8) is 0 Å². The SMILES string of the molecule is C1CCCCC1.OC1CCC1. The van der Waals surface area contributed by atoms with Crippen LogP contribution in [0.25, 0.3) is 0 Å². The number of hydrogen-bond acceptors (Lipinski definition) is 1. The zero-order chi connectivity index (χ0) is 7.94. The molecule has 2 aliphatic carbocycles. The lowest BCUT2D eigenvalue weighted by Gasteiger charge is -2.17. The van der Waals surface area contributed by atoms with Crippen LogP contribution in [0.2, 0.25) is 0 Å². The largest absolute Gasteiger partial charge is 0.393 e. The van der Waals surface area contributed by atoms with Gasteiger partial charge in [0.05, 0.1) is 6.10 Å². The predicted molar refractivity (Wildman–Crippen MR) is 47.6 cm³/mol. The molecule has 1 heteroatoms.